The minimum absolute atomic E-state index is 0.0205. The molecule has 0 radical (unpaired) electrons. The van der Waals surface area contributed by atoms with Gasteiger partial charge in [0.25, 0.3) is 0 Å². The van der Waals surface area contributed by atoms with E-state index < -0.39 is 5.82 Å². The van der Waals surface area contributed by atoms with Crippen LogP contribution in [0, 0.1) is 5.82 Å². The number of aromatic nitrogens is 2. The molecule has 0 atom stereocenters. The molecule has 148 valence electrons. The highest BCUT2D eigenvalue weighted by Gasteiger charge is 2.15. The zero-order valence-electron chi connectivity index (χ0n) is 16.5. The van der Waals surface area contributed by atoms with Gasteiger partial charge in [0.15, 0.2) is 11.6 Å². The maximum atomic E-state index is 14.3. The minimum Gasteiger partial charge on any atom is -0.486 e. The number of benzene rings is 2. The Balaban J connectivity index is 1.56. The first kappa shape index (κ1) is 18.9. The molecule has 0 aliphatic carbocycles. The monoisotopic (exact) mass is 391 g/mol. The second kappa shape index (κ2) is 7.50. The van der Waals surface area contributed by atoms with Crippen molar-refractivity contribution < 1.29 is 9.13 Å². The summed E-state index contributed by atoms with van der Waals surface area (Å²) in [7, 11) is 0. The van der Waals surface area contributed by atoms with E-state index in [2.05, 4.69) is 52.4 Å². The van der Waals surface area contributed by atoms with E-state index in [4.69, 9.17) is 4.74 Å². The van der Waals surface area contributed by atoms with Crippen LogP contribution in [0.5, 0.6) is 5.75 Å². The van der Waals surface area contributed by atoms with Crippen molar-refractivity contribution in [2.75, 3.05) is 17.2 Å². The third-order valence-electron chi connectivity index (χ3n) is 4.49. The van der Waals surface area contributed by atoms with Gasteiger partial charge in [0.05, 0.1) is 6.20 Å². The van der Waals surface area contributed by atoms with Gasteiger partial charge in [-0.1, -0.05) is 32.9 Å². The predicted molar refractivity (Wildman–Crippen MR) is 114 cm³/mol. The number of rotatable bonds is 4. The highest BCUT2D eigenvalue weighted by Crippen LogP contribution is 2.33. The Morgan fingerprint density at radius 1 is 1.03 bits per heavy atom. The molecule has 1 aromatic heterocycles. The normalized spacial score (nSPS) is 12.8. The van der Waals surface area contributed by atoms with Gasteiger partial charge in [-0.3, -0.25) is 4.99 Å². The lowest BCUT2D eigenvalue weighted by molar-refractivity contribution is 0.377. The summed E-state index contributed by atoms with van der Waals surface area (Å²) in [5.41, 5.74) is 3.39. The largest absolute Gasteiger partial charge is 0.486 e. The number of hydrogen-bond donors (Lipinski definition) is 2. The summed E-state index contributed by atoms with van der Waals surface area (Å²) in [6.45, 7) is 6.90. The van der Waals surface area contributed by atoms with Crippen LogP contribution >= 0.6 is 0 Å². The molecule has 0 saturated heterocycles. The molecule has 7 heteroatoms. The summed E-state index contributed by atoms with van der Waals surface area (Å²) in [6, 6.07) is 13.4. The number of aliphatic imine (C=N–C) groups is 1. The summed E-state index contributed by atoms with van der Waals surface area (Å²) in [5, 5.41) is 6.14. The first-order valence-electron chi connectivity index (χ1n) is 9.35. The molecule has 4 rings (SSSR count). The molecule has 0 fully saturated rings. The molecule has 0 unspecified atom stereocenters. The molecule has 0 saturated carbocycles. The van der Waals surface area contributed by atoms with Gasteiger partial charge in [-0.2, -0.15) is 4.98 Å². The van der Waals surface area contributed by atoms with Crippen molar-refractivity contribution in [1.82, 2.24) is 9.97 Å². The van der Waals surface area contributed by atoms with E-state index in [0.29, 0.717) is 29.7 Å². The average Bonchev–Trinajstić information content (AvgIpc) is 2.70. The number of anilines is 4. The summed E-state index contributed by atoms with van der Waals surface area (Å²) in [5.74, 6) is 0.535. The molecule has 0 spiro atoms. The van der Waals surface area contributed by atoms with Gasteiger partial charge in [0, 0.05) is 17.6 Å². The maximum absolute atomic E-state index is 14.3. The molecule has 1 aliphatic heterocycles. The first-order valence-corrected chi connectivity index (χ1v) is 9.35. The summed E-state index contributed by atoms with van der Waals surface area (Å²) >= 11 is 0. The predicted octanol–water partition coefficient (Wildman–Crippen LogP) is 5.50. The molecule has 2 aromatic carbocycles. The lowest BCUT2D eigenvalue weighted by Gasteiger charge is -2.20. The van der Waals surface area contributed by atoms with E-state index in [-0.39, 0.29) is 11.2 Å². The smallest absolute Gasteiger partial charge is 0.229 e. The lowest BCUT2D eigenvalue weighted by Crippen LogP contribution is -2.11. The van der Waals surface area contributed by atoms with Crippen molar-refractivity contribution in [3.8, 4) is 5.75 Å². The number of ether oxygens (including phenoxy) is 1. The number of fused-ring (bicyclic) bond motifs is 1. The van der Waals surface area contributed by atoms with Gasteiger partial charge in [0.2, 0.25) is 5.95 Å². The van der Waals surface area contributed by atoms with Crippen molar-refractivity contribution in [2.45, 2.75) is 26.2 Å². The highest BCUT2D eigenvalue weighted by molar-refractivity contribution is 5.74. The maximum Gasteiger partial charge on any atom is 0.229 e. The fourth-order valence-corrected chi connectivity index (χ4v) is 2.93. The van der Waals surface area contributed by atoms with E-state index in [9.17, 15) is 4.39 Å². The van der Waals surface area contributed by atoms with Crippen LogP contribution in [0.25, 0.3) is 0 Å². The van der Waals surface area contributed by atoms with Crippen molar-refractivity contribution >= 4 is 35.0 Å². The first-order chi connectivity index (χ1) is 13.9. The minimum atomic E-state index is -0.545. The molecule has 1 aliphatic rings. The van der Waals surface area contributed by atoms with E-state index in [1.807, 2.05) is 18.2 Å². The Labute approximate surface area is 168 Å². The van der Waals surface area contributed by atoms with Gasteiger partial charge >= 0.3 is 0 Å². The number of halogens is 1. The van der Waals surface area contributed by atoms with Gasteiger partial charge in [0.1, 0.15) is 18.0 Å². The zero-order valence-corrected chi connectivity index (χ0v) is 16.5. The fourth-order valence-electron chi connectivity index (χ4n) is 2.93. The Bertz CT molecular complexity index is 1080. The quantitative estimate of drug-likeness (QED) is 0.615. The Hall–Kier alpha value is -3.48. The fraction of sp³-hybridized carbons (Fsp3) is 0.227. The molecule has 0 bridgehead atoms. The topological polar surface area (TPSA) is 71.4 Å². The molecular weight excluding hydrogens is 369 g/mol. The van der Waals surface area contributed by atoms with Gasteiger partial charge in [-0.15, -0.1) is 0 Å². The van der Waals surface area contributed by atoms with Crippen LogP contribution in [0.1, 0.15) is 26.3 Å². The van der Waals surface area contributed by atoms with Crippen molar-refractivity contribution in [1.29, 1.82) is 0 Å². The standard InChI is InChI=1S/C22H22FN5O/c1-22(2,3)14-5-4-6-15(11-14)27-21-25-13-17(23)20(28-21)26-16-7-8-19-18(12-16)24-9-10-29-19/h4-9,11-13H,10H2,1-3H3,(H2,25,26,27,28). The lowest BCUT2D eigenvalue weighted by atomic mass is 9.87. The number of hydrogen-bond acceptors (Lipinski definition) is 6. The van der Waals surface area contributed by atoms with Crippen LogP contribution in [0.15, 0.2) is 53.7 Å². The van der Waals surface area contributed by atoms with E-state index >= 15 is 0 Å². The molecule has 2 heterocycles. The Kier molecular flexibility index (Phi) is 4.88. The van der Waals surface area contributed by atoms with Crippen LogP contribution in [-0.2, 0) is 5.41 Å². The summed E-state index contributed by atoms with van der Waals surface area (Å²) in [6.07, 6.45) is 2.83. The SMILES string of the molecule is CC(C)(C)c1cccc(Nc2ncc(F)c(Nc3ccc4c(c3)N=CCO4)n2)c1. The highest BCUT2D eigenvalue weighted by atomic mass is 19.1. The van der Waals surface area contributed by atoms with Crippen LogP contribution in [0.3, 0.4) is 0 Å². The second-order valence-corrected chi connectivity index (χ2v) is 7.78. The van der Waals surface area contributed by atoms with E-state index in [0.717, 1.165) is 11.9 Å². The van der Waals surface area contributed by atoms with Gasteiger partial charge in [-0.05, 0) is 41.3 Å². The van der Waals surface area contributed by atoms with Crippen LogP contribution in [-0.4, -0.2) is 22.8 Å². The van der Waals surface area contributed by atoms with Crippen molar-refractivity contribution in [3.63, 3.8) is 0 Å². The third kappa shape index (κ3) is 4.34. The van der Waals surface area contributed by atoms with Crippen molar-refractivity contribution in [2.24, 2.45) is 4.99 Å². The summed E-state index contributed by atoms with van der Waals surface area (Å²) < 4.78 is 19.8. The Morgan fingerprint density at radius 2 is 1.86 bits per heavy atom. The zero-order chi connectivity index (χ0) is 20.4. The molecule has 3 aromatic rings. The average molecular weight is 391 g/mol. The van der Waals surface area contributed by atoms with Gasteiger partial charge < -0.3 is 15.4 Å². The number of nitrogens with one attached hydrogen (secondary N) is 2. The molecule has 2 N–H and O–H groups in total. The molecular formula is C22H22FN5O. The Morgan fingerprint density at radius 3 is 2.69 bits per heavy atom. The van der Waals surface area contributed by atoms with E-state index in [1.54, 1.807) is 24.4 Å². The van der Waals surface area contributed by atoms with Gasteiger partial charge in [-0.25, -0.2) is 9.37 Å². The third-order valence-corrected chi connectivity index (χ3v) is 4.49. The van der Waals surface area contributed by atoms with E-state index in [1.165, 1.54) is 5.56 Å². The van der Waals surface area contributed by atoms with Crippen LogP contribution in [0.4, 0.5) is 33.2 Å². The summed E-state index contributed by atoms with van der Waals surface area (Å²) in [4.78, 5) is 12.6. The molecule has 29 heavy (non-hydrogen) atoms. The van der Waals surface area contributed by atoms with Crippen LogP contribution < -0.4 is 15.4 Å². The second-order valence-electron chi connectivity index (χ2n) is 7.78. The van der Waals surface area contributed by atoms with Crippen LogP contribution in [0.2, 0.25) is 0 Å². The number of nitrogens with zero attached hydrogens (tertiary/aromatic N) is 3. The van der Waals surface area contributed by atoms with Crippen molar-refractivity contribution in [3.05, 3.63) is 60.0 Å². The molecule has 6 nitrogen and oxygen atoms in total. The molecule has 0 amide bonds.